The van der Waals surface area contributed by atoms with E-state index in [-0.39, 0.29) is 11.9 Å². The first kappa shape index (κ1) is 18.5. The summed E-state index contributed by atoms with van der Waals surface area (Å²) >= 11 is 2.92. The summed E-state index contributed by atoms with van der Waals surface area (Å²) in [6.45, 7) is 4.52. The van der Waals surface area contributed by atoms with Crippen LogP contribution in [-0.2, 0) is 0 Å². The predicted octanol–water partition coefficient (Wildman–Crippen LogP) is 3.21. The molecule has 3 aliphatic rings. The maximum absolute atomic E-state index is 12.8. The van der Waals surface area contributed by atoms with Gasteiger partial charge in [-0.1, -0.05) is 23.9 Å². The minimum absolute atomic E-state index is 0.000589. The summed E-state index contributed by atoms with van der Waals surface area (Å²) in [6.07, 6.45) is 2.34. The molecule has 0 saturated carbocycles. The molecule has 7 heteroatoms. The first-order valence-corrected chi connectivity index (χ1v) is 10.9. The maximum atomic E-state index is 12.8. The summed E-state index contributed by atoms with van der Waals surface area (Å²) in [4.78, 5) is 28.3. The van der Waals surface area contributed by atoms with Gasteiger partial charge in [0.05, 0.1) is 14.6 Å². The van der Waals surface area contributed by atoms with Crippen LogP contribution in [-0.4, -0.2) is 41.9 Å². The van der Waals surface area contributed by atoms with E-state index in [1.54, 1.807) is 12.1 Å². The van der Waals surface area contributed by atoms with Gasteiger partial charge in [0, 0.05) is 17.0 Å². The molecule has 3 fully saturated rings. The molecule has 1 aromatic carbocycles. The van der Waals surface area contributed by atoms with Gasteiger partial charge in [0.15, 0.2) is 0 Å². The number of hydrogen-bond acceptors (Lipinski definition) is 5. The Hall–Kier alpha value is -1.83. The van der Waals surface area contributed by atoms with Crippen molar-refractivity contribution in [2.75, 3.05) is 13.1 Å². The van der Waals surface area contributed by atoms with Crippen molar-refractivity contribution in [3.8, 4) is 0 Å². The van der Waals surface area contributed by atoms with E-state index in [2.05, 4.69) is 17.1 Å². The van der Waals surface area contributed by atoms with Crippen molar-refractivity contribution in [1.82, 2.24) is 10.2 Å². The Morgan fingerprint density at radius 1 is 1.19 bits per heavy atom. The number of carbonyl (C=O) groups is 2. The van der Waals surface area contributed by atoms with Gasteiger partial charge in [0.1, 0.15) is 0 Å². The average Bonchev–Trinajstić information content (AvgIpc) is 3.14. The number of nitrogens with one attached hydrogen (secondary N) is 1. The van der Waals surface area contributed by atoms with Gasteiger partial charge in [-0.25, -0.2) is 0 Å². The molecular weight excluding hydrogens is 378 g/mol. The highest BCUT2D eigenvalue weighted by molar-refractivity contribution is 8.01. The van der Waals surface area contributed by atoms with E-state index in [9.17, 15) is 9.59 Å². The van der Waals surface area contributed by atoms with Crippen LogP contribution >= 0.6 is 23.1 Å². The maximum Gasteiger partial charge on any atom is 0.261 e. The lowest BCUT2D eigenvalue weighted by Gasteiger charge is -2.49. The fourth-order valence-corrected chi connectivity index (χ4v) is 6.26. The van der Waals surface area contributed by atoms with Crippen LogP contribution in [0.5, 0.6) is 0 Å². The Kier molecular flexibility index (Phi) is 5.25. The molecular formula is C20H23N3O2S2. The SMILES string of the molecule is C[C@H]1[C@H](NC(=O)c2ccc(Sc3ccccc3C(N)=O)s2)C2CCN1CC2. The van der Waals surface area contributed by atoms with Crippen molar-refractivity contribution in [2.24, 2.45) is 11.7 Å². The molecule has 0 spiro atoms. The normalized spacial score (nSPS) is 26.7. The Bertz CT molecular complexity index is 856. The molecule has 2 bridgehead atoms. The summed E-state index contributed by atoms with van der Waals surface area (Å²) in [5.74, 6) is 0.148. The smallest absolute Gasteiger partial charge is 0.261 e. The van der Waals surface area contributed by atoms with E-state index in [1.165, 1.54) is 35.9 Å². The molecule has 142 valence electrons. The van der Waals surface area contributed by atoms with Crippen molar-refractivity contribution in [3.63, 3.8) is 0 Å². The van der Waals surface area contributed by atoms with Crippen LogP contribution < -0.4 is 11.1 Å². The Morgan fingerprint density at radius 2 is 1.93 bits per heavy atom. The third-order valence-corrected chi connectivity index (χ3v) is 7.94. The van der Waals surface area contributed by atoms with E-state index in [1.807, 2.05) is 24.3 Å². The zero-order valence-corrected chi connectivity index (χ0v) is 16.8. The number of amides is 2. The number of nitrogens with zero attached hydrogens (tertiary/aromatic N) is 1. The van der Waals surface area contributed by atoms with Gasteiger partial charge in [-0.05, 0) is 63.0 Å². The quantitative estimate of drug-likeness (QED) is 0.807. The van der Waals surface area contributed by atoms with Crippen molar-refractivity contribution in [1.29, 1.82) is 0 Å². The lowest BCUT2D eigenvalue weighted by Crippen LogP contribution is -2.62. The molecule has 0 radical (unpaired) electrons. The van der Waals surface area contributed by atoms with E-state index < -0.39 is 5.91 Å². The van der Waals surface area contributed by atoms with E-state index in [0.29, 0.717) is 22.4 Å². The van der Waals surface area contributed by atoms with Crippen LogP contribution in [0, 0.1) is 5.92 Å². The van der Waals surface area contributed by atoms with Crippen molar-refractivity contribution in [2.45, 2.75) is 41.0 Å². The lowest BCUT2D eigenvalue weighted by atomic mass is 9.79. The number of piperidine rings is 3. The molecule has 2 amide bonds. The minimum atomic E-state index is -0.441. The summed E-state index contributed by atoms with van der Waals surface area (Å²) in [5.41, 5.74) is 5.95. The van der Waals surface area contributed by atoms with Crippen molar-refractivity contribution >= 4 is 34.9 Å². The third kappa shape index (κ3) is 3.77. The number of hydrogen-bond donors (Lipinski definition) is 2. The van der Waals surface area contributed by atoms with Crippen LogP contribution in [0.1, 0.15) is 39.8 Å². The van der Waals surface area contributed by atoms with Gasteiger partial charge < -0.3 is 11.1 Å². The zero-order valence-electron chi connectivity index (χ0n) is 15.2. The highest BCUT2D eigenvalue weighted by Gasteiger charge is 2.40. The predicted molar refractivity (Wildman–Crippen MR) is 108 cm³/mol. The summed E-state index contributed by atoms with van der Waals surface area (Å²) in [7, 11) is 0. The van der Waals surface area contributed by atoms with Crippen LogP contribution in [0.3, 0.4) is 0 Å². The van der Waals surface area contributed by atoms with Crippen molar-refractivity contribution in [3.05, 3.63) is 46.8 Å². The van der Waals surface area contributed by atoms with Gasteiger partial charge in [-0.15, -0.1) is 11.3 Å². The van der Waals surface area contributed by atoms with Gasteiger partial charge in [0.2, 0.25) is 5.91 Å². The number of fused-ring (bicyclic) bond motifs is 3. The van der Waals surface area contributed by atoms with Crippen LogP contribution in [0.4, 0.5) is 0 Å². The Morgan fingerprint density at radius 3 is 2.63 bits per heavy atom. The molecule has 3 aliphatic heterocycles. The number of rotatable bonds is 5. The number of thiophene rings is 1. The fourth-order valence-electron chi connectivity index (χ4n) is 4.13. The number of benzene rings is 1. The molecule has 0 unspecified atom stereocenters. The first-order valence-electron chi connectivity index (χ1n) is 9.24. The van der Waals surface area contributed by atoms with E-state index >= 15 is 0 Å². The molecule has 2 atom stereocenters. The molecule has 5 rings (SSSR count). The standard InChI is InChI=1S/C20H23N3O2S2/c1-12-18(13-8-10-23(12)11-9-13)22-20(25)16-6-7-17(27-16)26-15-5-3-2-4-14(15)19(21)24/h2-7,12-13,18H,8-11H2,1H3,(H2,21,24)(H,22,25)/t12-,18-/m0/s1. The number of primary amides is 1. The van der Waals surface area contributed by atoms with Gasteiger partial charge in [-0.3, -0.25) is 14.5 Å². The Balaban J connectivity index is 1.45. The summed E-state index contributed by atoms with van der Waals surface area (Å²) in [6, 6.07) is 11.7. The van der Waals surface area contributed by atoms with Crippen LogP contribution in [0.15, 0.2) is 45.5 Å². The Labute approximate surface area is 167 Å². The van der Waals surface area contributed by atoms with E-state index in [4.69, 9.17) is 5.73 Å². The molecule has 1 aromatic heterocycles. The second kappa shape index (κ2) is 7.66. The largest absolute Gasteiger partial charge is 0.366 e. The third-order valence-electron chi connectivity index (χ3n) is 5.64. The molecule has 5 nitrogen and oxygen atoms in total. The van der Waals surface area contributed by atoms with Crippen molar-refractivity contribution < 1.29 is 9.59 Å². The lowest BCUT2D eigenvalue weighted by molar-refractivity contribution is 0.0218. The molecule has 27 heavy (non-hydrogen) atoms. The minimum Gasteiger partial charge on any atom is -0.366 e. The highest BCUT2D eigenvalue weighted by atomic mass is 32.2. The molecule has 3 N–H and O–H groups in total. The van der Waals surface area contributed by atoms with Gasteiger partial charge in [-0.2, -0.15) is 0 Å². The second-order valence-electron chi connectivity index (χ2n) is 7.19. The average molecular weight is 402 g/mol. The van der Waals surface area contributed by atoms with E-state index in [0.717, 1.165) is 22.2 Å². The second-order valence-corrected chi connectivity index (χ2v) is 9.62. The number of carbonyl (C=O) groups excluding carboxylic acids is 2. The highest BCUT2D eigenvalue weighted by Crippen LogP contribution is 2.36. The van der Waals surface area contributed by atoms with Gasteiger partial charge in [0.25, 0.3) is 5.91 Å². The topological polar surface area (TPSA) is 75.4 Å². The van der Waals surface area contributed by atoms with Gasteiger partial charge >= 0.3 is 0 Å². The summed E-state index contributed by atoms with van der Waals surface area (Å²) in [5, 5.41) is 3.27. The number of nitrogens with two attached hydrogens (primary N) is 1. The fraction of sp³-hybridized carbons (Fsp3) is 0.400. The first-order chi connectivity index (χ1) is 13.0. The van der Waals surface area contributed by atoms with Crippen LogP contribution in [0.25, 0.3) is 0 Å². The molecule has 4 heterocycles. The molecule has 3 saturated heterocycles. The molecule has 0 aliphatic carbocycles. The summed E-state index contributed by atoms with van der Waals surface area (Å²) < 4.78 is 0.968. The monoisotopic (exact) mass is 401 g/mol. The molecule has 2 aromatic rings. The van der Waals surface area contributed by atoms with Crippen LogP contribution in [0.2, 0.25) is 0 Å². The zero-order chi connectivity index (χ0) is 19.0.